The molecule has 118 valence electrons. The van der Waals surface area contributed by atoms with Gasteiger partial charge in [0.15, 0.2) is 9.84 Å². The van der Waals surface area contributed by atoms with E-state index in [-0.39, 0.29) is 5.75 Å². The summed E-state index contributed by atoms with van der Waals surface area (Å²) < 4.78 is 24.7. The molecule has 8 heteroatoms. The van der Waals surface area contributed by atoms with Crippen molar-refractivity contribution in [2.24, 2.45) is 0 Å². The second-order valence-electron chi connectivity index (χ2n) is 4.99. The van der Waals surface area contributed by atoms with Gasteiger partial charge in [-0.25, -0.2) is 18.4 Å². The SMILES string of the molecule is CCS(=O)(=O)C1CSCCN1c1nc(C)nc(NC)c1C. The predicted octanol–water partition coefficient (Wildman–Crippen LogP) is 1.45. The summed E-state index contributed by atoms with van der Waals surface area (Å²) in [6.45, 7) is 6.14. The van der Waals surface area contributed by atoms with E-state index >= 15 is 0 Å². The van der Waals surface area contributed by atoms with Crippen LogP contribution in [-0.2, 0) is 9.84 Å². The van der Waals surface area contributed by atoms with Crippen LogP contribution in [-0.4, -0.2) is 54.6 Å². The predicted molar refractivity (Wildman–Crippen MR) is 89.0 cm³/mol. The van der Waals surface area contributed by atoms with Crippen LogP contribution in [0.3, 0.4) is 0 Å². The number of rotatable bonds is 4. The lowest BCUT2D eigenvalue weighted by atomic mass is 10.2. The summed E-state index contributed by atoms with van der Waals surface area (Å²) in [5, 5.41) is 2.55. The number of thioether (sulfide) groups is 1. The topological polar surface area (TPSA) is 75.2 Å². The largest absolute Gasteiger partial charge is 0.373 e. The van der Waals surface area contributed by atoms with Crippen molar-refractivity contribution in [1.29, 1.82) is 0 Å². The molecule has 1 aromatic rings. The first kappa shape index (κ1) is 16.4. The zero-order chi connectivity index (χ0) is 15.6. The molecule has 2 rings (SSSR count). The summed E-state index contributed by atoms with van der Waals surface area (Å²) in [6.07, 6.45) is 0. The number of nitrogens with zero attached hydrogens (tertiary/aromatic N) is 3. The summed E-state index contributed by atoms with van der Waals surface area (Å²) in [5.74, 6) is 3.78. The molecule has 2 heterocycles. The van der Waals surface area contributed by atoms with Crippen LogP contribution < -0.4 is 10.2 Å². The maximum absolute atomic E-state index is 12.4. The van der Waals surface area contributed by atoms with Gasteiger partial charge in [0.05, 0.1) is 0 Å². The van der Waals surface area contributed by atoms with Gasteiger partial charge < -0.3 is 10.2 Å². The Bertz CT molecular complexity index is 619. The molecule has 21 heavy (non-hydrogen) atoms. The van der Waals surface area contributed by atoms with E-state index in [0.717, 1.165) is 23.0 Å². The van der Waals surface area contributed by atoms with Gasteiger partial charge in [-0.1, -0.05) is 6.92 Å². The minimum atomic E-state index is -3.14. The number of hydrogen-bond acceptors (Lipinski definition) is 7. The summed E-state index contributed by atoms with van der Waals surface area (Å²) in [5.41, 5.74) is 0.895. The molecule has 1 saturated heterocycles. The molecule has 1 aliphatic heterocycles. The van der Waals surface area contributed by atoms with Crippen LogP contribution >= 0.6 is 11.8 Å². The summed E-state index contributed by atoms with van der Waals surface area (Å²) in [7, 11) is -1.33. The molecule has 0 radical (unpaired) electrons. The molecule has 1 aliphatic rings. The molecule has 0 aliphatic carbocycles. The maximum atomic E-state index is 12.4. The van der Waals surface area contributed by atoms with Gasteiger partial charge >= 0.3 is 0 Å². The number of hydrogen-bond donors (Lipinski definition) is 1. The van der Waals surface area contributed by atoms with Crippen LogP contribution in [0.1, 0.15) is 18.3 Å². The molecular weight excluding hydrogens is 308 g/mol. The average Bonchev–Trinajstić information content (AvgIpc) is 2.49. The van der Waals surface area contributed by atoms with Crippen molar-refractivity contribution in [1.82, 2.24) is 9.97 Å². The second-order valence-corrected chi connectivity index (χ2v) is 8.59. The van der Waals surface area contributed by atoms with Gasteiger partial charge in [-0.15, -0.1) is 0 Å². The van der Waals surface area contributed by atoms with Crippen molar-refractivity contribution in [3.8, 4) is 0 Å². The van der Waals surface area contributed by atoms with Crippen molar-refractivity contribution in [2.45, 2.75) is 26.1 Å². The van der Waals surface area contributed by atoms with Crippen LogP contribution in [0.2, 0.25) is 0 Å². The first-order valence-corrected chi connectivity index (χ1v) is 9.86. The lowest BCUT2D eigenvalue weighted by Crippen LogP contribution is -2.48. The molecule has 1 unspecified atom stereocenters. The third-order valence-electron chi connectivity index (χ3n) is 3.64. The highest BCUT2D eigenvalue weighted by Gasteiger charge is 2.34. The lowest BCUT2D eigenvalue weighted by molar-refractivity contribution is 0.578. The van der Waals surface area contributed by atoms with E-state index in [0.29, 0.717) is 18.1 Å². The first-order valence-electron chi connectivity index (χ1n) is 6.99. The van der Waals surface area contributed by atoms with Gasteiger partial charge in [0.25, 0.3) is 0 Å². The average molecular weight is 330 g/mol. The van der Waals surface area contributed by atoms with E-state index in [4.69, 9.17) is 0 Å². The molecule has 6 nitrogen and oxygen atoms in total. The third kappa shape index (κ3) is 3.26. The Morgan fingerprint density at radius 1 is 1.38 bits per heavy atom. The summed E-state index contributed by atoms with van der Waals surface area (Å²) in [4.78, 5) is 10.8. The molecule has 0 bridgehead atoms. The summed E-state index contributed by atoms with van der Waals surface area (Å²) >= 11 is 1.68. The molecule has 1 N–H and O–H groups in total. The number of nitrogens with one attached hydrogen (secondary N) is 1. The number of anilines is 2. The van der Waals surface area contributed by atoms with Crippen molar-refractivity contribution < 1.29 is 8.42 Å². The Balaban J connectivity index is 2.50. The fourth-order valence-electron chi connectivity index (χ4n) is 2.45. The molecule has 1 fully saturated rings. The van der Waals surface area contributed by atoms with Crippen molar-refractivity contribution in [2.75, 3.05) is 41.1 Å². The van der Waals surface area contributed by atoms with Gasteiger partial charge in [0.2, 0.25) is 0 Å². The number of sulfone groups is 1. The van der Waals surface area contributed by atoms with Gasteiger partial charge in [-0.05, 0) is 13.8 Å². The third-order valence-corrected chi connectivity index (χ3v) is 6.93. The number of aryl methyl sites for hydroxylation is 1. The van der Waals surface area contributed by atoms with Crippen LogP contribution in [0.25, 0.3) is 0 Å². The van der Waals surface area contributed by atoms with Gasteiger partial charge in [0, 0.05) is 36.4 Å². The summed E-state index contributed by atoms with van der Waals surface area (Å²) in [6, 6.07) is 0. The number of aromatic nitrogens is 2. The second kappa shape index (κ2) is 6.39. The van der Waals surface area contributed by atoms with Crippen molar-refractivity contribution in [3.63, 3.8) is 0 Å². The molecule has 0 aromatic carbocycles. The van der Waals surface area contributed by atoms with Crippen molar-refractivity contribution in [3.05, 3.63) is 11.4 Å². The smallest absolute Gasteiger partial charge is 0.171 e. The fourth-order valence-corrected chi connectivity index (χ4v) is 5.42. The standard InChI is InChI=1S/C13H22N4O2S2/c1-5-21(18,19)11-8-20-7-6-17(11)13-9(2)12(14-4)15-10(3)16-13/h11H,5-8H2,1-4H3,(H,14,15,16). The Kier molecular flexibility index (Phi) is 4.98. The fraction of sp³-hybridized carbons (Fsp3) is 0.692. The van der Waals surface area contributed by atoms with Crippen LogP contribution in [0.4, 0.5) is 11.6 Å². The van der Waals surface area contributed by atoms with Crippen LogP contribution in [0.15, 0.2) is 0 Å². The van der Waals surface area contributed by atoms with Gasteiger partial charge in [-0.2, -0.15) is 11.8 Å². The molecule has 0 spiro atoms. The highest BCUT2D eigenvalue weighted by molar-refractivity contribution is 8.01. The highest BCUT2D eigenvalue weighted by atomic mass is 32.2. The first-order chi connectivity index (χ1) is 9.90. The molecular formula is C13H22N4O2S2. The molecule has 1 aromatic heterocycles. The van der Waals surface area contributed by atoms with Crippen LogP contribution in [0, 0.1) is 13.8 Å². The Labute approximate surface area is 130 Å². The zero-order valence-electron chi connectivity index (χ0n) is 12.9. The Morgan fingerprint density at radius 3 is 2.71 bits per heavy atom. The highest BCUT2D eigenvalue weighted by Crippen LogP contribution is 2.30. The van der Waals surface area contributed by atoms with Crippen LogP contribution in [0.5, 0.6) is 0 Å². The minimum Gasteiger partial charge on any atom is -0.373 e. The van der Waals surface area contributed by atoms with Gasteiger partial charge in [-0.3, -0.25) is 0 Å². The van der Waals surface area contributed by atoms with E-state index in [2.05, 4.69) is 15.3 Å². The maximum Gasteiger partial charge on any atom is 0.171 e. The normalized spacial score (nSPS) is 19.6. The molecule has 1 atom stereocenters. The van der Waals surface area contributed by atoms with Crippen molar-refractivity contribution >= 4 is 33.2 Å². The van der Waals surface area contributed by atoms with E-state index in [1.165, 1.54) is 0 Å². The molecule has 0 amide bonds. The lowest BCUT2D eigenvalue weighted by Gasteiger charge is -2.36. The molecule has 0 saturated carbocycles. The van der Waals surface area contributed by atoms with E-state index in [1.54, 1.807) is 18.7 Å². The minimum absolute atomic E-state index is 0.150. The zero-order valence-corrected chi connectivity index (χ0v) is 14.5. The Hall–Kier alpha value is -1.02. The Morgan fingerprint density at radius 2 is 2.10 bits per heavy atom. The van der Waals surface area contributed by atoms with E-state index in [1.807, 2.05) is 25.8 Å². The quantitative estimate of drug-likeness (QED) is 0.895. The monoisotopic (exact) mass is 330 g/mol. The van der Waals surface area contributed by atoms with E-state index in [9.17, 15) is 8.42 Å². The van der Waals surface area contributed by atoms with Gasteiger partial charge in [0.1, 0.15) is 22.8 Å². The van der Waals surface area contributed by atoms with E-state index < -0.39 is 15.2 Å².